The summed E-state index contributed by atoms with van der Waals surface area (Å²) in [6, 6.07) is 15.5. The van der Waals surface area contributed by atoms with Crippen LogP contribution in [0.3, 0.4) is 0 Å². The van der Waals surface area contributed by atoms with E-state index >= 15 is 0 Å². The Labute approximate surface area is 229 Å². The Morgan fingerprint density at radius 1 is 0.975 bits per heavy atom. The number of imidazole rings is 1. The Balaban J connectivity index is 1.24. The lowest BCUT2D eigenvalue weighted by atomic mass is 10.1. The molecule has 40 heavy (non-hydrogen) atoms. The zero-order valence-corrected chi connectivity index (χ0v) is 22.9. The number of nitrogen functional groups attached to an aromatic ring is 1. The van der Waals surface area contributed by atoms with E-state index in [1.165, 1.54) is 6.33 Å². The van der Waals surface area contributed by atoms with Crippen LogP contribution in [0.1, 0.15) is 22.5 Å². The molecule has 3 N–H and O–H groups in total. The minimum atomic E-state index is -1.55. The number of hydrogen-bond donors (Lipinski definition) is 2. The monoisotopic (exact) mass is 565 g/mol. The Morgan fingerprint density at radius 2 is 1.68 bits per heavy atom. The van der Waals surface area contributed by atoms with E-state index in [9.17, 15) is 9.59 Å². The van der Waals surface area contributed by atoms with Crippen LogP contribution in [0.15, 0.2) is 73.3 Å². The Kier molecular flexibility index (Phi) is 8.51. The molecule has 0 bridgehead atoms. The summed E-state index contributed by atoms with van der Waals surface area (Å²) in [4.78, 5) is 34.6. The maximum Gasteiger partial charge on any atom is 0.519 e. The van der Waals surface area contributed by atoms with Crippen LogP contribution in [0.4, 0.5) is 5.95 Å². The van der Waals surface area contributed by atoms with E-state index in [4.69, 9.17) is 28.4 Å². The summed E-state index contributed by atoms with van der Waals surface area (Å²) in [6.07, 6.45) is 1.66. The lowest BCUT2D eigenvalue weighted by Crippen LogP contribution is -2.13. The van der Waals surface area contributed by atoms with Gasteiger partial charge in [-0.25, -0.2) is 9.78 Å². The van der Waals surface area contributed by atoms with Crippen molar-refractivity contribution in [2.75, 3.05) is 18.7 Å². The van der Waals surface area contributed by atoms with Gasteiger partial charge < -0.3 is 32.9 Å². The Hall–Kier alpha value is -4.09. The van der Waals surface area contributed by atoms with Crippen LogP contribution in [0.25, 0.3) is 22.5 Å². The van der Waals surface area contributed by atoms with Gasteiger partial charge in [0.15, 0.2) is 31.1 Å². The van der Waals surface area contributed by atoms with E-state index in [1.54, 1.807) is 4.57 Å². The third-order valence-corrected chi connectivity index (χ3v) is 7.19. The van der Waals surface area contributed by atoms with Crippen molar-refractivity contribution in [1.29, 1.82) is 0 Å². The number of benzene rings is 2. The molecule has 3 heterocycles. The van der Waals surface area contributed by atoms with Crippen LogP contribution in [0.5, 0.6) is 0 Å². The van der Waals surface area contributed by atoms with Gasteiger partial charge in [-0.15, -0.1) is 0 Å². The molecule has 0 radical (unpaired) electrons. The van der Waals surface area contributed by atoms with E-state index in [-0.39, 0.29) is 36.8 Å². The molecule has 0 aliphatic rings. The van der Waals surface area contributed by atoms with Crippen molar-refractivity contribution in [2.45, 2.75) is 33.6 Å². The molecule has 0 saturated heterocycles. The molecule has 1 atom stereocenters. The maximum atomic E-state index is 12.0. The first-order valence-corrected chi connectivity index (χ1v) is 13.8. The molecule has 5 rings (SSSR count). The van der Waals surface area contributed by atoms with E-state index in [0.717, 1.165) is 16.7 Å². The number of anilines is 1. The summed E-state index contributed by atoms with van der Waals surface area (Å²) < 4.78 is 30.2. The molecule has 208 valence electrons. The van der Waals surface area contributed by atoms with E-state index in [2.05, 4.69) is 15.0 Å². The van der Waals surface area contributed by atoms with Gasteiger partial charge in [-0.3, -0.25) is 9.78 Å². The first kappa shape index (κ1) is 27.5. The number of nitrogens with zero attached hydrogens (tertiary/aromatic N) is 3. The predicted octanol–water partition coefficient (Wildman–Crippen LogP) is 4.25. The molecule has 0 fully saturated rings. The molecule has 13 heteroatoms. The summed E-state index contributed by atoms with van der Waals surface area (Å²) in [5, 5.41) is 0. The van der Waals surface area contributed by atoms with E-state index in [1.807, 2.05) is 62.4 Å². The molecule has 3 aromatic heterocycles. The van der Waals surface area contributed by atoms with Crippen molar-refractivity contribution < 1.29 is 22.6 Å². The van der Waals surface area contributed by atoms with Gasteiger partial charge >= 0.3 is 5.82 Å². The molecule has 0 aliphatic heterocycles. The third kappa shape index (κ3) is 6.72. The molecule has 12 nitrogen and oxygen atoms in total. The highest BCUT2D eigenvalue weighted by Gasteiger charge is 2.19. The molecule has 1 unspecified atom stereocenters. The molecule has 0 aliphatic carbocycles. The molecular formula is C27H28N5O7P. The van der Waals surface area contributed by atoms with Crippen LogP contribution < -0.4 is 17.1 Å². The fraction of sp³-hybridized carbons (Fsp3) is 0.259. The van der Waals surface area contributed by atoms with Crippen LogP contribution in [0, 0.1) is 13.8 Å². The molecule has 5 aromatic rings. The van der Waals surface area contributed by atoms with Gasteiger partial charge in [-0.2, -0.15) is 4.98 Å². The van der Waals surface area contributed by atoms with Gasteiger partial charge in [-0.05, 0) is 19.4 Å². The number of aromatic amines is 1. The van der Waals surface area contributed by atoms with Crippen molar-refractivity contribution in [3.8, 4) is 11.3 Å². The molecule has 0 spiro atoms. The zero-order valence-electron chi connectivity index (χ0n) is 22.0. The molecule has 2 aromatic carbocycles. The highest BCUT2D eigenvalue weighted by atomic mass is 31.2. The summed E-state index contributed by atoms with van der Waals surface area (Å²) in [5.41, 5.74) is 9.75. The largest absolute Gasteiger partial charge is 0.519 e. The summed E-state index contributed by atoms with van der Waals surface area (Å²) in [7, 11) is -1.55. The van der Waals surface area contributed by atoms with Crippen molar-refractivity contribution in [3.05, 3.63) is 98.3 Å². The number of aryl methyl sites for hydroxylation is 2. The summed E-state index contributed by atoms with van der Waals surface area (Å²) in [5.74, 6) is -0.222. The number of hydrogen-bond acceptors (Lipinski definition) is 10. The lowest BCUT2D eigenvalue weighted by molar-refractivity contribution is 0.136. The van der Waals surface area contributed by atoms with Gasteiger partial charge in [0.2, 0.25) is 5.95 Å². The van der Waals surface area contributed by atoms with Crippen molar-refractivity contribution in [3.63, 3.8) is 0 Å². The van der Waals surface area contributed by atoms with E-state index in [0.29, 0.717) is 30.1 Å². The number of rotatable bonds is 12. The average molecular weight is 566 g/mol. The number of ether oxygens (including phenoxy) is 1. The highest BCUT2D eigenvalue weighted by Crippen LogP contribution is 2.41. The van der Waals surface area contributed by atoms with Crippen molar-refractivity contribution in [1.82, 2.24) is 19.5 Å². The zero-order chi connectivity index (χ0) is 28.1. The van der Waals surface area contributed by atoms with Crippen LogP contribution in [-0.4, -0.2) is 32.5 Å². The van der Waals surface area contributed by atoms with E-state index < -0.39 is 19.8 Å². The maximum absolute atomic E-state index is 12.0. The number of nitrogens with two attached hydrogens (primary N) is 1. The van der Waals surface area contributed by atoms with Gasteiger partial charge in [0.25, 0.3) is 5.56 Å². The minimum Gasteiger partial charge on any atom is -0.393 e. The minimum absolute atomic E-state index is 0.0116. The smallest absolute Gasteiger partial charge is 0.393 e. The van der Waals surface area contributed by atoms with Crippen LogP contribution in [-0.2, 0) is 33.5 Å². The highest BCUT2D eigenvalue weighted by molar-refractivity contribution is 7.46. The fourth-order valence-corrected chi connectivity index (χ4v) is 4.89. The standard InChI is InChI=1S/C27H28N5O7P/c1-17-3-7-19(8-4-17)13-36-40(16-35-12-11-32-15-29-22-24(32)30-26(28)31-25(22)33)37-14-21-23(39-27(34)38-21)20-9-5-18(2)6-10-20/h3-10,15H,11-14,16H2,1-2H3,(H3,28,30,31,33). The Morgan fingerprint density at radius 3 is 2.42 bits per heavy atom. The van der Waals surface area contributed by atoms with Crippen molar-refractivity contribution >= 4 is 25.5 Å². The number of H-pyrrole nitrogens is 1. The van der Waals surface area contributed by atoms with Gasteiger partial charge in [0, 0.05) is 12.1 Å². The SMILES string of the molecule is Cc1ccc(COP(COCCn2cnc3c(=O)[nH]c(N)nc32)OCc2oc(=O)oc2-c2ccc(C)cc2)cc1. The summed E-state index contributed by atoms with van der Waals surface area (Å²) in [6.45, 7) is 4.90. The van der Waals surface area contributed by atoms with Crippen LogP contribution in [0.2, 0.25) is 0 Å². The predicted molar refractivity (Wildman–Crippen MR) is 148 cm³/mol. The Bertz CT molecular complexity index is 1690. The summed E-state index contributed by atoms with van der Waals surface area (Å²) >= 11 is 0. The molecule has 0 amide bonds. The number of aromatic nitrogens is 4. The van der Waals surface area contributed by atoms with Gasteiger partial charge in [0.05, 0.1) is 19.5 Å². The topological polar surface area (TPSA) is 161 Å². The number of fused-ring (bicyclic) bond motifs is 1. The molecule has 0 saturated carbocycles. The van der Waals surface area contributed by atoms with Gasteiger partial charge in [-0.1, -0.05) is 59.7 Å². The lowest BCUT2D eigenvalue weighted by Gasteiger charge is -2.17. The second-order valence-electron chi connectivity index (χ2n) is 9.04. The molecular weight excluding hydrogens is 537 g/mol. The fourth-order valence-electron chi connectivity index (χ4n) is 3.84. The number of nitrogens with one attached hydrogen (secondary N) is 1. The third-order valence-electron chi connectivity index (χ3n) is 5.96. The van der Waals surface area contributed by atoms with Gasteiger partial charge in [0.1, 0.15) is 13.0 Å². The van der Waals surface area contributed by atoms with Crippen molar-refractivity contribution in [2.24, 2.45) is 0 Å². The average Bonchev–Trinajstić information content (AvgIpc) is 3.52. The second kappa shape index (κ2) is 12.4. The van der Waals surface area contributed by atoms with Crippen LogP contribution >= 0.6 is 8.38 Å². The quantitative estimate of drug-likeness (QED) is 0.165. The first-order chi connectivity index (χ1) is 19.4. The first-order valence-electron chi connectivity index (χ1n) is 12.4. The second-order valence-corrected chi connectivity index (χ2v) is 10.5. The normalized spacial score (nSPS) is 12.2.